The van der Waals surface area contributed by atoms with Crippen LogP contribution in [-0.4, -0.2) is 6.54 Å². The second-order valence-electron chi connectivity index (χ2n) is 4.39. The molecule has 0 saturated heterocycles. The van der Waals surface area contributed by atoms with Gasteiger partial charge in [0, 0.05) is 16.7 Å². The van der Waals surface area contributed by atoms with Gasteiger partial charge in [-0.15, -0.1) is 0 Å². The van der Waals surface area contributed by atoms with Gasteiger partial charge in [-0.25, -0.2) is 0 Å². The smallest absolute Gasteiger partial charge is 0.385 e. The predicted octanol–water partition coefficient (Wildman–Crippen LogP) is 4.68. The van der Waals surface area contributed by atoms with Crippen LogP contribution in [0.15, 0.2) is 22.7 Å². The predicted molar refractivity (Wildman–Crippen MR) is 65.0 cm³/mol. The molecule has 1 saturated carbocycles. The van der Waals surface area contributed by atoms with Crippen molar-refractivity contribution < 1.29 is 13.2 Å². The molecule has 0 aliphatic heterocycles. The molecule has 5 heteroatoms. The highest BCUT2D eigenvalue weighted by Crippen LogP contribution is 2.34. The Bertz CT molecular complexity index is 399. The quantitative estimate of drug-likeness (QED) is 0.851. The van der Waals surface area contributed by atoms with Gasteiger partial charge in [-0.1, -0.05) is 28.8 Å². The van der Waals surface area contributed by atoms with Gasteiger partial charge in [0.2, 0.25) is 0 Å². The van der Waals surface area contributed by atoms with E-state index >= 15 is 0 Å². The molecule has 0 unspecified atom stereocenters. The molecule has 0 spiro atoms. The minimum Gasteiger partial charge on any atom is -0.385 e. The van der Waals surface area contributed by atoms with Crippen LogP contribution in [0.25, 0.3) is 0 Å². The molecule has 1 aromatic carbocycles. The normalized spacial score (nSPS) is 16.0. The summed E-state index contributed by atoms with van der Waals surface area (Å²) >= 11 is 3.10. The van der Waals surface area contributed by atoms with Crippen molar-refractivity contribution in [2.75, 3.05) is 11.9 Å². The van der Waals surface area contributed by atoms with Gasteiger partial charge >= 0.3 is 6.18 Å². The monoisotopic (exact) mass is 307 g/mol. The Kier molecular flexibility index (Phi) is 3.66. The lowest BCUT2D eigenvalue weighted by Crippen LogP contribution is -2.07. The van der Waals surface area contributed by atoms with Crippen LogP contribution in [0, 0.1) is 5.92 Å². The van der Waals surface area contributed by atoms with Crippen LogP contribution in [0.4, 0.5) is 18.9 Å². The average molecular weight is 308 g/mol. The average Bonchev–Trinajstić information content (AvgIpc) is 2.99. The Morgan fingerprint density at radius 2 is 1.94 bits per heavy atom. The summed E-state index contributed by atoms with van der Waals surface area (Å²) in [5.74, 6) is 0.775. The van der Waals surface area contributed by atoms with Gasteiger partial charge < -0.3 is 5.32 Å². The summed E-state index contributed by atoms with van der Waals surface area (Å²) in [5.41, 5.74) is -0.104. The molecule has 0 aromatic heterocycles. The van der Waals surface area contributed by atoms with E-state index in [1.807, 2.05) is 0 Å². The van der Waals surface area contributed by atoms with Crippen molar-refractivity contribution >= 4 is 21.6 Å². The molecule has 94 valence electrons. The SMILES string of the molecule is FC(F)(F)c1cc(Br)cc(NCCC2CC2)c1. The zero-order valence-electron chi connectivity index (χ0n) is 9.15. The Morgan fingerprint density at radius 3 is 2.53 bits per heavy atom. The number of halogens is 4. The van der Waals surface area contributed by atoms with Crippen molar-refractivity contribution in [1.29, 1.82) is 0 Å². The summed E-state index contributed by atoms with van der Waals surface area (Å²) in [4.78, 5) is 0. The summed E-state index contributed by atoms with van der Waals surface area (Å²) in [7, 11) is 0. The van der Waals surface area contributed by atoms with Gasteiger partial charge in [-0.05, 0) is 30.5 Å². The molecule has 0 bridgehead atoms. The topological polar surface area (TPSA) is 12.0 Å². The van der Waals surface area contributed by atoms with Gasteiger partial charge in [0.25, 0.3) is 0 Å². The van der Waals surface area contributed by atoms with E-state index in [2.05, 4.69) is 21.2 Å². The first-order valence-corrected chi connectivity index (χ1v) is 6.36. The van der Waals surface area contributed by atoms with E-state index in [1.54, 1.807) is 6.07 Å². The molecule has 17 heavy (non-hydrogen) atoms. The van der Waals surface area contributed by atoms with Crippen LogP contribution in [0.1, 0.15) is 24.8 Å². The number of benzene rings is 1. The van der Waals surface area contributed by atoms with Crippen LogP contribution < -0.4 is 5.32 Å². The summed E-state index contributed by atoms with van der Waals surface area (Å²) in [6, 6.07) is 3.91. The minimum atomic E-state index is -4.29. The Hall–Kier alpha value is -0.710. The summed E-state index contributed by atoms with van der Waals surface area (Å²) in [5, 5.41) is 3.04. The molecule has 1 N–H and O–H groups in total. The lowest BCUT2D eigenvalue weighted by molar-refractivity contribution is -0.137. The molecule has 0 heterocycles. The fourth-order valence-corrected chi connectivity index (χ4v) is 2.18. The molecule has 2 rings (SSSR count). The highest BCUT2D eigenvalue weighted by atomic mass is 79.9. The Labute approximate surface area is 107 Å². The minimum absolute atomic E-state index is 0.446. The first-order valence-electron chi connectivity index (χ1n) is 5.57. The van der Waals surface area contributed by atoms with E-state index in [0.29, 0.717) is 10.2 Å². The van der Waals surface area contributed by atoms with E-state index in [0.717, 1.165) is 31.0 Å². The number of nitrogens with one attached hydrogen (secondary N) is 1. The molecule has 0 amide bonds. The van der Waals surface area contributed by atoms with Crippen LogP contribution in [0.5, 0.6) is 0 Å². The second kappa shape index (κ2) is 4.88. The second-order valence-corrected chi connectivity index (χ2v) is 5.30. The van der Waals surface area contributed by atoms with E-state index in [9.17, 15) is 13.2 Å². The molecule has 1 aliphatic carbocycles. The van der Waals surface area contributed by atoms with E-state index in [-0.39, 0.29) is 0 Å². The van der Waals surface area contributed by atoms with Gasteiger partial charge in [0.15, 0.2) is 0 Å². The first kappa shape index (κ1) is 12.7. The number of rotatable bonds is 4. The lowest BCUT2D eigenvalue weighted by Gasteiger charge is -2.11. The number of alkyl halides is 3. The van der Waals surface area contributed by atoms with Crippen molar-refractivity contribution in [3.63, 3.8) is 0 Å². The van der Waals surface area contributed by atoms with Crippen LogP contribution in [0.3, 0.4) is 0 Å². The maximum absolute atomic E-state index is 12.6. The third-order valence-corrected chi connectivity index (χ3v) is 3.26. The van der Waals surface area contributed by atoms with Gasteiger partial charge in [-0.3, -0.25) is 0 Å². The molecule has 0 atom stereocenters. The summed E-state index contributed by atoms with van der Waals surface area (Å²) < 4.78 is 38.1. The van der Waals surface area contributed by atoms with Crippen molar-refractivity contribution in [1.82, 2.24) is 0 Å². The highest BCUT2D eigenvalue weighted by Gasteiger charge is 2.31. The van der Waals surface area contributed by atoms with Crippen LogP contribution in [0.2, 0.25) is 0 Å². The number of anilines is 1. The van der Waals surface area contributed by atoms with Crippen molar-refractivity contribution in [3.05, 3.63) is 28.2 Å². The summed E-state index contributed by atoms with van der Waals surface area (Å²) in [6.45, 7) is 0.735. The fourth-order valence-electron chi connectivity index (χ4n) is 1.68. The molecule has 0 radical (unpaired) electrons. The van der Waals surface area contributed by atoms with Crippen LogP contribution >= 0.6 is 15.9 Å². The third kappa shape index (κ3) is 3.91. The van der Waals surface area contributed by atoms with Crippen molar-refractivity contribution in [2.24, 2.45) is 5.92 Å². The van der Waals surface area contributed by atoms with Gasteiger partial charge in [-0.2, -0.15) is 13.2 Å². The molecule has 1 aliphatic rings. The number of hydrogen-bond acceptors (Lipinski definition) is 1. The van der Waals surface area contributed by atoms with Crippen molar-refractivity contribution in [3.8, 4) is 0 Å². The zero-order valence-corrected chi connectivity index (χ0v) is 10.7. The maximum atomic E-state index is 12.6. The highest BCUT2D eigenvalue weighted by molar-refractivity contribution is 9.10. The van der Waals surface area contributed by atoms with Gasteiger partial charge in [0.05, 0.1) is 5.56 Å². The summed E-state index contributed by atoms with van der Waals surface area (Å²) in [6.07, 6.45) is -0.744. The van der Waals surface area contributed by atoms with Gasteiger partial charge in [0.1, 0.15) is 0 Å². The van der Waals surface area contributed by atoms with Crippen LogP contribution in [-0.2, 0) is 6.18 Å². The molecule has 1 nitrogen and oxygen atoms in total. The molecule has 1 fully saturated rings. The fraction of sp³-hybridized carbons (Fsp3) is 0.500. The molecule has 1 aromatic rings. The Morgan fingerprint density at radius 1 is 1.24 bits per heavy atom. The molecular formula is C12H13BrF3N. The van der Waals surface area contributed by atoms with Crippen molar-refractivity contribution in [2.45, 2.75) is 25.4 Å². The van der Waals surface area contributed by atoms with E-state index < -0.39 is 11.7 Å². The maximum Gasteiger partial charge on any atom is 0.416 e. The standard InChI is InChI=1S/C12H13BrF3N/c13-10-5-9(12(14,15)16)6-11(7-10)17-4-3-8-1-2-8/h5-8,17H,1-4H2. The first-order chi connectivity index (χ1) is 7.95. The zero-order chi connectivity index (χ0) is 12.5. The Balaban J connectivity index is 2.02. The number of hydrogen-bond donors (Lipinski definition) is 1. The van der Waals surface area contributed by atoms with E-state index in [4.69, 9.17) is 0 Å². The lowest BCUT2D eigenvalue weighted by atomic mass is 10.2. The molecular weight excluding hydrogens is 295 g/mol. The largest absolute Gasteiger partial charge is 0.416 e. The third-order valence-electron chi connectivity index (χ3n) is 2.80. The van der Waals surface area contributed by atoms with E-state index in [1.165, 1.54) is 12.8 Å².